The van der Waals surface area contributed by atoms with E-state index < -0.39 is 0 Å². The SMILES string of the molecule is CCN1CCC(C(=O)N(C)CC)CC1. The predicted molar refractivity (Wildman–Crippen MR) is 58.1 cm³/mol. The number of carbonyl (C=O) groups excluding carboxylic acids is 1. The molecule has 1 aliphatic rings. The summed E-state index contributed by atoms with van der Waals surface area (Å²) in [4.78, 5) is 16.1. The zero-order chi connectivity index (χ0) is 10.6. The highest BCUT2D eigenvalue weighted by Gasteiger charge is 2.25. The first kappa shape index (κ1) is 11.5. The maximum atomic E-state index is 11.8. The van der Waals surface area contributed by atoms with Gasteiger partial charge in [-0.15, -0.1) is 0 Å². The number of nitrogens with zero attached hydrogens (tertiary/aromatic N) is 2. The van der Waals surface area contributed by atoms with Gasteiger partial charge in [0.1, 0.15) is 0 Å². The molecule has 0 aromatic carbocycles. The minimum absolute atomic E-state index is 0.280. The van der Waals surface area contributed by atoms with Gasteiger partial charge in [0.15, 0.2) is 0 Å². The van der Waals surface area contributed by atoms with Crippen LogP contribution in [0.3, 0.4) is 0 Å². The molecule has 0 aliphatic carbocycles. The van der Waals surface area contributed by atoms with Crippen LogP contribution in [0, 0.1) is 5.92 Å². The van der Waals surface area contributed by atoms with Crippen LogP contribution in [0.1, 0.15) is 26.7 Å². The van der Waals surface area contributed by atoms with Crippen molar-refractivity contribution in [2.75, 3.05) is 33.2 Å². The predicted octanol–water partition coefficient (Wildman–Crippen LogP) is 1.20. The summed E-state index contributed by atoms with van der Waals surface area (Å²) in [7, 11) is 1.90. The summed E-state index contributed by atoms with van der Waals surface area (Å²) in [6.07, 6.45) is 2.08. The number of amides is 1. The van der Waals surface area contributed by atoms with E-state index in [9.17, 15) is 4.79 Å². The van der Waals surface area contributed by atoms with Crippen molar-refractivity contribution in [2.24, 2.45) is 5.92 Å². The second-order valence-electron chi connectivity index (χ2n) is 4.06. The van der Waals surface area contributed by atoms with Gasteiger partial charge in [-0.2, -0.15) is 0 Å². The molecule has 1 amide bonds. The molecule has 0 spiro atoms. The fraction of sp³-hybridized carbons (Fsp3) is 0.909. The van der Waals surface area contributed by atoms with Gasteiger partial charge in [0.05, 0.1) is 0 Å². The number of carbonyl (C=O) groups is 1. The molecule has 1 heterocycles. The Morgan fingerprint density at radius 3 is 2.36 bits per heavy atom. The Kier molecular flexibility index (Phi) is 4.39. The number of rotatable bonds is 3. The van der Waals surface area contributed by atoms with Crippen LogP contribution in [-0.2, 0) is 4.79 Å². The topological polar surface area (TPSA) is 23.6 Å². The Bertz CT molecular complexity index is 186. The van der Waals surface area contributed by atoms with E-state index in [0.29, 0.717) is 5.91 Å². The number of hydrogen-bond donors (Lipinski definition) is 0. The standard InChI is InChI=1S/C11H22N2O/c1-4-12(3)11(14)10-6-8-13(5-2)9-7-10/h10H,4-9H2,1-3H3. The Balaban J connectivity index is 2.37. The van der Waals surface area contributed by atoms with Crippen LogP contribution in [0.4, 0.5) is 0 Å². The lowest BCUT2D eigenvalue weighted by Crippen LogP contribution is -2.41. The number of piperidine rings is 1. The van der Waals surface area contributed by atoms with Crippen molar-refractivity contribution < 1.29 is 4.79 Å². The van der Waals surface area contributed by atoms with Crippen LogP contribution in [0.15, 0.2) is 0 Å². The Hall–Kier alpha value is -0.570. The molecule has 0 aromatic heterocycles. The quantitative estimate of drug-likeness (QED) is 0.680. The van der Waals surface area contributed by atoms with Gasteiger partial charge in [-0.25, -0.2) is 0 Å². The van der Waals surface area contributed by atoms with Gasteiger partial charge in [-0.1, -0.05) is 6.92 Å². The first-order chi connectivity index (χ1) is 6.69. The van der Waals surface area contributed by atoms with E-state index >= 15 is 0 Å². The van der Waals surface area contributed by atoms with Crippen LogP contribution in [-0.4, -0.2) is 48.9 Å². The lowest BCUT2D eigenvalue weighted by molar-refractivity contribution is -0.135. The first-order valence-corrected chi connectivity index (χ1v) is 5.66. The van der Waals surface area contributed by atoms with Crippen molar-refractivity contribution in [2.45, 2.75) is 26.7 Å². The number of hydrogen-bond acceptors (Lipinski definition) is 2. The smallest absolute Gasteiger partial charge is 0.225 e. The second kappa shape index (κ2) is 5.35. The fourth-order valence-electron chi connectivity index (χ4n) is 1.96. The summed E-state index contributed by atoms with van der Waals surface area (Å²) in [5, 5.41) is 0. The van der Waals surface area contributed by atoms with E-state index in [4.69, 9.17) is 0 Å². The summed E-state index contributed by atoms with van der Waals surface area (Å²) in [6.45, 7) is 8.33. The van der Waals surface area contributed by atoms with Crippen LogP contribution in [0.2, 0.25) is 0 Å². The molecule has 3 nitrogen and oxygen atoms in total. The highest BCUT2D eigenvalue weighted by atomic mass is 16.2. The van der Waals surface area contributed by atoms with Crippen LogP contribution in [0.25, 0.3) is 0 Å². The summed E-state index contributed by atoms with van der Waals surface area (Å²) in [5.41, 5.74) is 0. The molecule has 3 heteroatoms. The third-order valence-corrected chi connectivity index (χ3v) is 3.23. The molecular formula is C11H22N2O. The normalized spacial score (nSPS) is 19.6. The van der Waals surface area contributed by atoms with Crippen molar-refractivity contribution in [3.05, 3.63) is 0 Å². The third kappa shape index (κ3) is 2.71. The first-order valence-electron chi connectivity index (χ1n) is 5.66. The highest BCUT2D eigenvalue weighted by Crippen LogP contribution is 2.18. The zero-order valence-corrected chi connectivity index (χ0v) is 9.62. The molecule has 1 fully saturated rings. The monoisotopic (exact) mass is 198 g/mol. The molecule has 0 saturated carbocycles. The molecule has 1 rings (SSSR count). The van der Waals surface area contributed by atoms with E-state index in [1.807, 2.05) is 18.9 Å². The molecule has 0 atom stereocenters. The average Bonchev–Trinajstić information content (AvgIpc) is 2.27. The number of likely N-dealkylation sites (tertiary alicyclic amines) is 1. The van der Waals surface area contributed by atoms with E-state index in [-0.39, 0.29) is 5.92 Å². The van der Waals surface area contributed by atoms with E-state index in [0.717, 1.165) is 39.0 Å². The van der Waals surface area contributed by atoms with Crippen molar-refractivity contribution >= 4 is 5.91 Å². The molecule has 0 bridgehead atoms. The Labute approximate surface area is 87.1 Å². The van der Waals surface area contributed by atoms with Gasteiger partial charge in [0.25, 0.3) is 0 Å². The van der Waals surface area contributed by atoms with Crippen LogP contribution >= 0.6 is 0 Å². The van der Waals surface area contributed by atoms with Gasteiger partial charge in [0, 0.05) is 19.5 Å². The van der Waals surface area contributed by atoms with Gasteiger partial charge >= 0.3 is 0 Å². The van der Waals surface area contributed by atoms with Gasteiger partial charge < -0.3 is 9.80 Å². The Morgan fingerprint density at radius 1 is 1.36 bits per heavy atom. The lowest BCUT2D eigenvalue weighted by atomic mass is 9.95. The second-order valence-corrected chi connectivity index (χ2v) is 4.06. The molecule has 0 unspecified atom stereocenters. The molecule has 0 aromatic rings. The van der Waals surface area contributed by atoms with E-state index in [2.05, 4.69) is 11.8 Å². The van der Waals surface area contributed by atoms with Gasteiger partial charge in [-0.05, 0) is 39.4 Å². The fourth-order valence-corrected chi connectivity index (χ4v) is 1.96. The van der Waals surface area contributed by atoms with Crippen LogP contribution < -0.4 is 0 Å². The maximum Gasteiger partial charge on any atom is 0.225 e. The summed E-state index contributed by atoms with van der Waals surface area (Å²) in [6, 6.07) is 0. The van der Waals surface area contributed by atoms with Crippen LogP contribution in [0.5, 0.6) is 0 Å². The summed E-state index contributed by atoms with van der Waals surface area (Å²) >= 11 is 0. The Morgan fingerprint density at radius 2 is 1.93 bits per heavy atom. The van der Waals surface area contributed by atoms with Crippen molar-refractivity contribution in [3.8, 4) is 0 Å². The minimum atomic E-state index is 0.280. The molecule has 82 valence electrons. The minimum Gasteiger partial charge on any atom is -0.346 e. The van der Waals surface area contributed by atoms with Gasteiger partial charge in [0.2, 0.25) is 5.91 Å². The zero-order valence-electron chi connectivity index (χ0n) is 9.62. The maximum absolute atomic E-state index is 11.8. The molecule has 0 N–H and O–H groups in total. The lowest BCUT2D eigenvalue weighted by Gasteiger charge is -2.32. The van der Waals surface area contributed by atoms with Gasteiger partial charge in [-0.3, -0.25) is 4.79 Å². The largest absolute Gasteiger partial charge is 0.346 e. The van der Waals surface area contributed by atoms with E-state index in [1.165, 1.54) is 0 Å². The molecule has 14 heavy (non-hydrogen) atoms. The molecule has 0 radical (unpaired) electrons. The molecule has 1 saturated heterocycles. The van der Waals surface area contributed by atoms with Crippen molar-refractivity contribution in [1.29, 1.82) is 0 Å². The molecular weight excluding hydrogens is 176 g/mol. The summed E-state index contributed by atoms with van der Waals surface area (Å²) < 4.78 is 0. The third-order valence-electron chi connectivity index (χ3n) is 3.23. The van der Waals surface area contributed by atoms with Crippen molar-refractivity contribution in [1.82, 2.24) is 9.80 Å². The highest BCUT2D eigenvalue weighted by molar-refractivity contribution is 5.78. The van der Waals surface area contributed by atoms with E-state index in [1.54, 1.807) is 0 Å². The average molecular weight is 198 g/mol. The molecule has 1 aliphatic heterocycles. The van der Waals surface area contributed by atoms with Crippen molar-refractivity contribution in [3.63, 3.8) is 0 Å². The summed E-state index contributed by atoms with van der Waals surface area (Å²) in [5.74, 6) is 0.617.